The zero-order valence-electron chi connectivity index (χ0n) is 21.7. The second-order valence-electron chi connectivity index (χ2n) is 10.8. The van der Waals surface area contributed by atoms with E-state index in [4.69, 9.17) is 4.74 Å². The summed E-state index contributed by atoms with van der Waals surface area (Å²) in [6.07, 6.45) is 1.30. The summed E-state index contributed by atoms with van der Waals surface area (Å²) in [7, 11) is 0. The molecule has 3 aromatic rings. The van der Waals surface area contributed by atoms with Crippen LogP contribution in [0, 0.1) is 0 Å². The average Bonchev–Trinajstić information content (AvgIpc) is 2.86. The Hall–Kier alpha value is -2.75. The number of nitrogens with zero attached hydrogens (tertiary/aromatic N) is 1. The second kappa shape index (κ2) is 11.8. The molecule has 2 aromatic carbocycles. The molecule has 200 valence electrons. The Morgan fingerprint density at radius 2 is 1.84 bits per heavy atom. The van der Waals surface area contributed by atoms with Crippen LogP contribution in [0.5, 0.6) is 5.75 Å². The van der Waals surface area contributed by atoms with Crippen LogP contribution in [0.3, 0.4) is 0 Å². The number of H-pyrrole nitrogens is 1. The van der Waals surface area contributed by atoms with Gasteiger partial charge in [-0.25, -0.2) is 0 Å². The lowest BCUT2D eigenvalue weighted by Crippen LogP contribution is -2.51. The molecule has 2 heterocycles. The molecule has 1 aromatic heterocycles. The summed E-state index contributed by atoms with van der Waals surface area (Å²) in [5, 5.41) is 35.7. The molecule has 5 N–H and O–H groups in total. The fourth-order valence-electron chi connectivity index (χ4n) is 5.06. The maximum Gasteiger partial charge on any atom is 0.248 e. The van der Waals surface area contributed by atoms with E-state index in [1.54, 1.807) is 12.1 Å². The van der Waals surface area contributed by atoms with Gasteiger partial charge in [0.05, 0.1) is 29.4 Å². The number of piperidine rings is 1. The fourth-order valence-corrected chi connectivity index (χ4v) is 5.06. The summed E-state index contributed by atoms with van der Waals surface area (Å²) in [5.41, 5.74) is 0.799. The Morgan fingerprint density at radius 3 is 2.57 bits per heavy atom. The number of aromatic hydroxyl groups is 1. The maximum atomic E-state index is 11.6. The van der Waals surface area contributed by atoms with Gasteiger partial charge in [0.15, 0.2) is 0 Å². The van der Waals surface area contributed by atoms with Gasteiger partial charge >= 0.3 is 0 Å². The van der Waals surface area contributed by atoms with Gasteiger partial charge in [0.25, 0.3) is 0 Å². The van der Waals surface area contributed by atoms with E-state index < -0.39 is 11.7 Å². The third-order valence-electron chi connectivity index (χ3n) is 7.22. The third-order valence-corrected chi connectivity index (χ3v) is 7.22. The Labute approximate surface area is 217 Å². The number of ether oxygens (including phenoxy) is 1. The number of aromatic nitrogens is 1. The number of hydrogen-bond acceptors (Lipinski definition) is 7. The molecule has 37 heavy (non-hydrogen) atoms. The molecule has 1 aliphatic rings. The van der Waals surface area contributed by atoms with Crippen LogP contribution in [-0.4, -0.2) is 75.7 Å². The van der Waals surface area contributed by atoms with E-state index in [-0.39, 0.29) is 23.5 Å². The lowest BCUT2D eigenvalue weighted by molar-refractivity contribution is -0.0490. The van der Waals surface area contributed by atoms with Crippen LogP contribution in [0.15, 0.2) is 59.4 Å². The van der Waals surface area contributed by atoms with Crippen molar-refractivity contribution in [2.24, 2.45) is 0 Å². The molecule has 1 aliphatic heterocycles. The maximum absolute atomic E-state index is 11.6. The van der Waals surface area contributed by atoms with E-state index in [0.29, 0.717) is 42.5 Å². The van der Waals surface area contributed by atoms with Gasteiger partial charge in [0.2, 0.25) is 5.56 Å². The van der Waals surface area contributed by atoms with Gasteiger partial charge in [-0.1, -0.05) is 36.4 Å². The zero-order valence-corrected chi connectivity index (χ0v) is 21.7. The third kappa shape index (κ3) is 7.40. The van der Waals surface area contributed by atoms with Crippen molar-refractivity contribution in [3.05, 3.63) is 76.1 Å². The fraction of sp³-hybridized carbons (Fsp3) is 0.483. The van der Waals surface area contributed by atoms with Gasteiger partial charge in [0, 0.05) is 50.6 Å². The van der Waals surface area contributed by atoms with Gasteiger partial charge in [0.1, 0.15) is 5.75 Å². The van der Waals surface area contributed by atoms with Gasteiger partial charge in [-0.15, -0.1) is 0 Å². The Morgan fingerprint density at radius 1 is 1.11 bits per heavy atom. The molecule has 1 unspecified atom stereocenters. The highest BCUT2D eigenvalue weighted by Crippen LogP contribution is 2.29. The molecule has 0 radical (unpaired) electrons. The molecule has 0 amide bonds. The van der Waals surface area contributed by atoms with E-state index >= 15 is 0 Å². The normalized spacial score (nSPS) is 17.2. The SMILES string of the molecule is CC(C)(Cc1ccccc1)OCCN1CCC(O)(CNCC(O)c2ccc(O)c3[nH]c(=O)ccc23)CC1. The van der Waals surface area contributed by atoms with E-state index in [2.05, 4.69) is 41.2 Å². The quantitative estimate of drug-likeness (QED) is 0.270. The highest BCUT2D eigenvalue weighted by Gasteiger charge is 2.32. The smallest absolute Gasteiger partial charge is 0.248 e. The van der Waals surface area contributed by atoms with Crippen LogP contribution in [0.1, 0.15) is 43.9 Å². The van der Waals surface area contributed by atoms with Crippen molar-refractivity contribution in [2.75, 3.05) is 39.3 Å². The lowest BCUT2D eigenvalue weighted by Gasteiger charge is -2.39. The molecule has 8 nitrogen and oxygen atoms in total. The van der Waals surface area contributed by atoms with Crippen molar-refractivity contribution in [3.63, 3.8) is 0 Å². The van der Waals surface area contributed by atoms with Crippen molar-refractivity contribution >= 4 is 10.9 Å². The summed E-state index contributed by atoms with van der Waals surface area (Å²) >= 11 is 0. The van der Waals surface area contributed by atoms with Gasteiger partial charge in [-0.3, -0.25) is 4.79 Å². The predicted octanol–water partition coefficient (Wildman–Crippen LogP) is 2.72. The molecular weight excluding hydrogens is 470 g/mol. The number of aromatic amines is 1. The number of aliphatic hydroxyl groups is 2. The van der Waals surface area contributed by atoms with Crippen LogP contribution in [0.25, 0.3) is 10.9 Å². The lowest BCUT2D eigenvalue weighted by atomic mass is 9.91. The van der Waals surface area contributed by atoms with E-state index in [0.717, 1.165) is 26.1 Å². The largest absolute Gasteiger partial charge is 0.506 e. The van der Waals surface area contributed by atoms with Gasteiger partial charge < -0.3 is 35.3 Å². The minimum Gasteiger partial charge on any atom is -0.506 e. The predicted molar refractivity (Wildman–Crippen MR) is 145 cm³/mol. The first kappa shape index (κ1) is 27.3. The molecular formula is C29H39N3O5. The Bertz CT molecular complexity index is 1220. The first-order chi connectivity index (χ1) is 17.6. The van der Waals surface area contributed by atoms with E-state index in [1.165, 1.54) is 17.7 Å². The summed E-state index contributed by atoms with van der Waals surface area (Å²) in [4.78, 5) is 16.6. The van der Waals surface area contributed by atoms with Crippen molar-refractivity contribution in [1.29, 1.82) is 0 Å². The number of aliphatic hydroxyl groups excluding tert-OH is 1. The van der Waals surface area contributed by atoms with Crippen molar-refractivity contribution in [2.45, 2.75) is 50.4 Å². The molecule has 0 saturated carbocycles. The minimum absolute atomic E-state index is 0.0390. The number of rotatable bonds is 11. The van der Waals surface area contributed by atoms with Crippen LogP contribution in [-0.2, 0) is 11.2 Å². The first-order valence-electron chi connectivity index (χ1n) is 13.0. The van der Waals surface area contributed by atoms with Crippen molar-refractivity contribution in [1.82, 2.24) is 15.2 Å². The van der Waals surface area contributed by atoms with E-state index in [1.807, 2.05) is 18.2 Å². The topological polar surface area (TPSA) is 118 Å². The summed E-state index contributed by atoms with van der Waals surface area (Å²) < 4.78 is 6.19. The van der Waals surface area contributed by atoms with Crippen LogP contribution >= 0.6 is 0 Å². The molecule has 0 bridgehead atoms. The molecule has 0 aliphatic carbocycles. The molecule has 8 heteroatoms. The number of phenols is 1. The van der Waals surface area contributed by atoms with Crippen molar-refractivity contribution < 1.29 is 20.1 Å². The van der Waals surface area contributed by atoms with E-state index in [9.17, 15) is 20.1 Å². The van der Waals surface area contributed by atoms with Crippen molar-refractivity contribution in [3.8, 4) is 5.75 Å². The summed E-state index contributed by atoms with van der Waals surface area (Å²) in [6, 6.07) is 16.5. The number of fused-ring (bicyclic) bond motifs is 1. The Balaban J connectivity index is 1.20. The minimum atomic E-state index is -0.853. The number of phenolic OH excluding ortho intramolecular Hbond substituents is 1. The van der Waals surface area contributed by atoms with Gasteiger partial charge in [-0.2, -0.15) is 0 Å². The first-order valence-corrected chi connectivity index (χ1v) is 13.0. The molecule has 1 atom stereocenters. The van der Waals surface area contributed by atoms with Crippen LogP contribution in [0.2, 0.25) is 0 Å². The number of nitrogens with one attached hydrogen (secondary N) is 2. The van der Waals surface area contributed by atoms with Crippen LogP contribution < -0.4 is 10.9 Å². The summed E-state index contributed by atoms with van der Waals surface area (Å²) in [5.74, 6) is -0.0390. The highest BCUT2D eigenvalue weighted by atomic mass is 16.5. The van der Waals surface area contributed by atoms with Gasteiger partial charge in [-0.05, 0) is 49.9 Å². The number of pyridine rings is 1. The Kier molecular flexibility index (Phi) is 8.67. The highest BCUT2D eigenvalue weighted by molar-refractivity contribution is 5.87. The van der Waals surface area contributed by atoms with Crippen LogP contribution in [0.4, 0.5) is 0 Å². The average molecular weight is 510 g/mol. The second-order valence-corrected chi connectivity index (χ2v) is 10.8. The number of benzene rings is 2. The standard InChI is InChI=1S/C29H39N3O5/c1-28(2,18-21-6-4-3-5-7-21)37-17-16-32-14-12-29(36,13-15-32)20-30-19-25(34)22-8-10-24(33)27-23(22)9-11-26(35)31-27/h3-11,25,30,33-34,36H,12-20H2,1-2H3,(H,31,35). The molecule has 1 fully saturated rings. The number of likely N-dealkylation sites (tertiary alicyclic amines) is 1. The molecule has 0 spiro atoms. The zero-order chi connectivity index (χ0) is 26.5. The summed E-state index contributed by atoms with van der Waals surface area (Å²) in [6.45, 7) is 7.93. The number of hydrogen-bond donors (Lipinski definition) is 5. The molecule has 4 rings (SSSR count). The molecule has 1 saturated heterocycles. The monoisotopic (exact) mass is 509 g/mol.